The highest BCUT2D eigenvalue weighted by molar-refractivity contribution is 5.60. The highest BCUT2D eigenvalue weighted by atomic mass is 19.1. The third kappa shape index (κ3) is 2.50. The maximum atomic E-state index is 13.7. The van der Waals surface area contributed by atoms with E-state index in [1.54, 1.807) is 12.1 Å². The number of ether oxygens (including phenoxy) is 1. The highest BCUT2D eigenvalue weighted by Gasteiger charge is 2.11. The number of nitrogen functional groups attached to an aromatic ring is 1. The predicted molar refractivity (Wildman–Crippen MR) is 72.5 cm³/mol. The number of nitrogens with two attached hydrogens (primary N) is 1. The Labute approximate surface area is 111 Å². The molecular weight excluding hydrogens is 245 g/mol. The highest BCUT2D eigenvalue weighted by Crippen LogP contribution is 2.25. The number of halogens is 1. The van der Waals surface area contributed by atoms with Gasteiger partial charge in [-0.3, -0.25) is 0 Å². The molecule has 5 heteroatoms. The molecule has 2 N–H and O–H groups in total. The molecular formula is C14H16FN3O. The van der Waals surface area contributed by atoms with Crippen molar-refractivity contribution >= 4 is 5.82 Å². The van der Waals surface area contributed by atoms with Gasteiger partial charge < -0.3 is 10.5 Å². The number of aromatic nitrogens is 2. The second-order valence-electron chi connectivity index (χ2n) is 4.20. The average Bonchev–Trinajstić information content (AvgIpc) is 2.38. The van der Waals surface area contributed by atoms with Gasteiger partial charge in [-0.15, -0.1) is 0 Å². The molecule has 19 heavy (non-hydrogen) atoms. The van der Waals surface area contributed by atoms with Crippen molar-refractivity contribution in [2.45, 2.75) is 20.3 Å². The molecule has 0 radical (unpaired) electrons. The van der Waals surface area contributed by atoms with E-state index in [2.05, 4.69) is 9.97 Å². The second kappa shape index (κ2) is 5.22. The first-order valence-corrected chi connectivity index (χ1v) is 6.03. The zero-order valence-electron chi connectivity index (χ0n) is 11.2. The van der Waals surface area contributed by atoms with Crippen molar-refractivity contribution in [2.24, 2.45) is 0 Å². The van der Waals surface area contributed by atoms with Gasteiger partial charge in [-0.05, 0) is 31.5 Å². The second-order valence-corrected chi connectivity index (χ2v) is 4.20. The molecule has 1 aromatic heterocycles. The number of rotatable bonds is 3. The molecule has 1 aromatic carbocycles. The van der Waals surface area contributed by atoms with Crippen LogP contribution >= 0.6 is 0 Å². The lowest BCUT2D eigenvalue weighted by Gasteiger charge is -2.09. The minimum Gasteiger partial charge on any atom is -0.494 e. The van der Waals surface area contributed by atoms with E-state index in [4.69, 9.17) is 10.5 Å². The standard InChI is InChI=1S/C14H16FN3O/c1-4-10-8(2)17-14(18-13(10)16)9-5-6-12(19-3)11(15)7-9/h5-7H,4H2,1-3H3,(H2,16,17,18). The molecule has 0 bridgehead atoms. The van der Waals surface area contributed by atoms with Crippen molar-refractivity contribution in [2.75, 3.05) is 12.8 Å². The minimum absolute atomic E-state index is 0.193. The summed E-state index contributed by atoms with van der Waals surface area (Å²) in [4.78, 5) is 8.60. The van der Waals surface area contributed by atoms with Gasteiger partial charge in [0.1, 0.15) is 5.82 Å². The summed E-state index contributed by atoms with van der Waals surface area (Å²) in [5.74, 6) is 0.619. The zero-order chi connectivity index (χ0) is 14.0. The summed E-state index contributed by atoms with van der Waals surface area (Å²) in [6.45, 7) is 3.87. The Morgan fingerprint density at radius 1 is 1.32 bits per heavy atom. The van der Waals surface area contributed by atoms with Crippen molar-refractivity contribution in [1.82, 2.24) is 9.97 Å². The number of hydrogen-bond acceptors (Lipinski definition) is 4. The molecule has 0 fully saturated rings. The van der Waals surface area contributed by atoms with Crippen LogP contribution in [0.4, 0.5) is 10.2 Å². The van der Waals surface area contributed by atoms with Crippen LogP contribution in [0, 0.1) is 12.7 Å². The van der Waals surface area contributed by atoms with Crippen LogP contribution in [-0.2, 0) is 6.42 Å². The number of aryl methyl sites for hydroxylation is 1. The molecule has 0 atom stereocenters. The predicted octanol–water partition coefficient (Wildman–Crippen LogP) is 2.74. The van der Waals surface area contributed by atoms with Crippen molar-refractivity contribution in [1.29, 1.82) is 0 Å². The molecule has 2 rings (SSSR count). The summed E-state index contributed by atoms with van der Waals surface area (Å²) in [5.41, 5.74) is 8.22. The smallest absolute Gasteiger partial charge is 0.165 e. The lowest BCUT2D eigenvalue weighted by molar-refractivity contribution is 0.386. The molecule has 0 aliphatic carbocycles. The van der Waals surface area contributed by atoms with Crippen LogP contribution in [-0.4, -0.2) is 17.1 Å². The molecule has 0 spiro atoms. The number of hydrogen-bond donors (Lipinski definition) is 1. The molecule has 0 aliphatic rings. The Morgan fingerprint density at radius 3 is 2.58 bits per heavy atom. The molecule has 0 aliphatic heterocycles. The molecule has 100 valence electrons. The zero-order valence-corrected chi connectivity index (χ0v) is 11.2. The van der Waals surface area contributed by atoms with Crippen LogP contribution in [0.5, 0.6) is 5.75 Å². The number of anilines is 1. The summed E-state index contributed by atoms with van der Waals surface area (Å²) in [6.07, 6.45) is 0.773. The lowest BCUT2D eigenvalue weighted by Crippen LogP contribution is -2.04. The SMILES string of the molecule is CCc1c(C)nc(-c2ccc(OC)c(F)c2)nc1N. The Bertz CT molecular complexity index is 591. The fraction of sp³-hybridized carbons (Fsp3) is 0.286. The first-order chi connectivity index (χ1) is 9.06. The van der Waals surface area contributed by atoms with E-state index >= 15 is 0 Å². The topological polar surface area (TPSA) is 61.0 Å². The van der Waals surface area contributed by atoms with Crippen molar-refractivity contribution < 1.29 is 9.13 Å². The lowest BCUT2D eigenvalue weighted by atomic mass is 10.1. The summed E-state index contributed by atoms with van der Waals surface area (Å²) >= 11 is 0. The van der Waals surface area contributed by atoms with Gasteiger partial charge in [-0.25, -0.2) is 14.4 Å². The Kier molecular flexibility index (Phi) is 3.64. The normalized spacial score (nSPS) is 10.5. The average molecular weight is 261 g/mol. The van der Waals surface area contributed by atoms with Crippen molar-refractivity contribution in [3.05, 3.63) is 35.3 Å². The molecule has 4 nitrogen and oxygen atoms in total. The van der Waals surface area contributed by atoms with Crippen molar-refractivity contribution in [3.63, 3.8) is 0 Å². The largest absolute Gasteiger partial charge is 0.494 e. The quantitative estimate of drug-likeness (QED) is 0.922. The van der Waals surface area contributed by atoms with Gasteiger partial charge >= 0.3 is 0 Å². The van der Waals surface area contributed by atoms with Gasteiger partial charge in [0, 0.05) is 16.8 Å². The Balaban J connectivity index is 2.50. The first kappa shape index (κ1) is 13.3. The van der Waals surface area contributed by atoms with Gasteiger partial charge in [0.2, 0.25) is 0 Å². The van der Waals surface area contributed by atoms with E-state index < -0.39 is 5.82 Å². The van der Waals surface area contributed by atoms with Crippen LogP contribution in [0.2, 0.25) is 0 Å². The number of benzene rings is 1. The summed E-state index contributed by atoms with van der Waals surface area (Å²) < 4.78 is 18.6. The van der Waals surface area contributed by atoms with Crippen LogP contribution in [0.3, 0.4) is 0 Å². The van der Waals surface area contributed by atoms with Gasteiger partial charge in [-0.1, -0.05) is 6.92 Å². The molecule has 0 saturated heterocycles. The van der Waals surface area contributed by atoms with Crippen LogP contribution < -0.4 is 10.5 Å². The maximum absolute atomic E-state index is 13.7. The number of nitrogens with zero attached hydrogens (tertiary/aromatic N) is 2. The molecule has 2 aromatic rings. The van der Waals surface area contributed by atoms with Crippen LogP contribution in [0.15, 0.2) is 18.2 Å². The fourth-order valence-electron chi connectivity index (χ4n) is 1.99. The Hall–Kier alpha value is -2.17. The van der Waals surface area contributed by atoms with E-state index in [9.17, 15) is 4.39 Å². The molecule has 0 saturated carbocycles. The third-order valence-electron chi connectivity index (χ3n) is 3.01. The van der Waals surface area contributed by atoms with Crippen molar-refractivity contribution in [3.8, 4) is 17.1 Å². The Morgan fingerprint density at radius 2 is 2.05 bits per heavy atom. The van der Waals surface area contributed by atoms with E-state index in [-0.39, 0.29) is 5.75 Å². The van der Waals surface area contributed by atoms with E-state index in [0.29, 0.717) is 17.2 Å². The van der Waals surface area contributed by atoms with Crippen LogP contribution in [0.1, 0.15) is 18.2 Å². The van der Waals surface area contributed by atoms with Gasteiger partial charge in [-0.2, -0.15) is 0 Å². The van der Waals surface area contributed by atoms with Gasteiger partial charge in [0.25, 0.3) is 0 Å². The summed E-state index contributed by atoms with van der Waals surface area (Å²) in [7, 11) is 1.42. The number of methoxy groups -OCH3 is 1. The van der Waals surface area contributed by atoms with Crippen LogP contribution in [0.25, 0.3) is 11.4 Å². The first-order valence-electron chi connectivity index (χ1n) is 6.03. The monoisotopic (exact) mass is 261 g/mol. The van der Waals surface area contributed by atoms with E-state index in [0.717, 1.165) is 17.7 Å². The van der Waals surface area contributed by atoms with E-state index in [1.165, 1.54) is 13.2 Å². The van der Waals surface area contributed by atoms with Gasteiger partial charge in [0.05, 0.1) is 7.11 Å². The molecule has 0 unspecified atom stereocenters. The summed E-state index contributed by atoms with van der Waals surface area (Å²) in [5, 5.41) is 0. The van der Waals surface area contributed by atoms with E-state index in [1.807, 2.05) is 13.8 Å². The maximum Gasteiger partial charge on any atom is 0.165 e. The fourth-order valence-corrected chi connectivity index (χ4v) is 1.99. The third-order valence-corrected chi connectivity index (χ3v) is 3.01. The van der Waals surface area contributed by atoms with Gasteiger partial charge in [0.15, 0.2) is 17.4 Å². The minimum atomic E-state index is -0.445. The summed E-state index contributed by atoms with van der Waals surface area (Å²) in [6, 6.07) is 4.60. The molecule has 1 heterocycles. The molecule has 0 amide bonds.